The molecule has 0 saturated carbocycles. The lowest BCUT2D eigenvalue weighted by Gasteiger charge is -2.33. The fourth-order valence-corrected chi connectivity index (χ4v) is 4.17. The van der Waals surface area contributed by atoms with Crippen molar-refractivity contribution in [3.8, 4) is 0 Å². The van der Waals surface area contributed by atoms with Gasteiger partial charge in [-0.1, -0.05) is 59.3 Å². The Kier molecular flexibility index (Phi) is 7.75. The zero-order chi connectivity index (χ0) is 25.7. The summed E-state index contributed by atoms with van der Waals surface area (Å²) in [7, 11) is 1.58. The smallest absolute Gasteiger partial charge is 0.249 e. The number of aromatic nitrogens is 3. The quantitative estimate of drug-likeness (QED) is 0.363. The van der Waals surface area contributed by atoms with Crippen LogP contribution in [0.5, 0.6) is 0 Å². The van der Waals surface area contributed by atoms with Gasteiger partial charge in [0, 0.05) is 19.3 Å². The lowest BCUT2D eigenvalue weighted by molar-refractivity contribution is -0.127. The van der Waals surface area contributed by atoms with Crippen LogP contribution in [-0.2, 0) is 20.9 Å². The predicted octanol–water partition coefficient (Wildman–Crippen LogP) is 3.89. The maximum absolute atomic E-state index is 14.1. The molecule has 0 spiro atoms. The fourth-order valence-electron chi connectivity index (χ4n) is 4.17. The van der Waals surface area contributed by atoms with Gasteiger partial charge in [0.15, 0.2) is 0 Å². The minimum Gasteiger partial charge on any atom is -0.383 e. The normalized spacial score (nSPS) is 11.9. The number of rotatable bonds is 9. The molecule has 1 heterocycles. The summed E-state index contributed by atoms with van der Waals surface area (Å²) in [5.41, 5.74) is 5.79. The summed E-state index contributed by atoms with van der Waals surface area (Å²) in [4.78, 5) is 29.3. The van der Waals surface area contributed by atoms with E-state index in [1.54, 1.807) is 16.7 Å². The van der Waals surface area contributed by atoms with Crippen LogP contribution in [0.25, 0.3) is 11.0 Å². The van der Waals surface area contributed by atoms with Crippen LogP contribution in [0.1, 0.15) is 28.3 Å². The molecule has 0 fully saturated rings. The van der Waals surface area contributed by atoms with Gasteiger partial charge >= 0.3 is 0 Å². The molecule has 0 saturated heterocycles. The van der Waals surface area contributed by atoms with Crippen LogP contribution in [0.15, 0.2) is 66.7 Å². The van der Waals surface area contributed by atoms with Crippen molar-refractivity contribution < 1.29 is 14.3 Å². The third-order valence-electron chi connectivity index (χ3n) is 6.10. The van der Waals surface area contributed by atoms with Gasteiger partial charge in [-0.3, -0.25) is 14.5 Å². The lowest BCUT2D eigenvalue weighted by Crippen LogP contribution is -2.46. The largest absolute Gasteiger partial charge is 0.383 e. The second kappa shape index (κ2) is 11.1. The second-order valence-electron chi connectivity index (χ2n) is 8.89. The van der Waals surface area contributed by atoms with Gasteiger partial charge in [-0.15, -0.1) is 5.10 Å². The number of nitrogens with zero attached hydrogens (tertiary/aromatic N) is 4. The Balaban J connectivity index is 1.81. The zero-order valence-electron chi connectivity index (χ0n) is 21.1. The molecule has 3 aromatic carbocycles. The Morgan fingerprint density at radius 3 is 2.47 bits per heavy atom. The number of carbonyl (C=O) groups is 2. The van der Waals surface area contributed by atoms with E-state index in [1.807, 2.05) is 87.5 Å². The van der Waals surface area contributed by atoms with E-state index in [0.717, 1.165) is 22.2 Å². The lowest BCUT2D eigenvalue weighted by atomic mass is 10.00. The van der Waals surface area contributed by atoms with Crippen molar-refractivity contribution in [2.24, 2.45) is 0 Å². The Morgan fingerprint density at radius 1 is 1.00 bits per heavy atom. The number of amides is 2. The summed E-state index contributed by atoms with van der Waals surface area (Å²) in [6.07, 6.45) is 0. The van der Waals surface area contributed by atoms with Gasteiger partial charge in [0.25, 0.3) is 0 Å². The molecule has 0 aliphatic heterocycles. The van der Waals surface area contributed by atoms with Crippen LogP contribution in [-0.4, -0.2) is 47.1 Å². The molecule has 4 rings (SSSR count). The van der Waals surface area contributed by atoms with Gasteiger partial charge < -0.3 is 10.1 Å². The molecule has 2 amide bonds. The molecule has 36 heavy (non-hydrogen) atoms. The Hall–Kier alpha value is -4.04. The number of ether oxygens (including phenoxy) is 1. The molecule has 4 aromatic rings. The highest BCUT2D eigenvalue weighted by Crippen LogP contribution is 2.32. The molecule has 0 aliphatic carbocycles. The first-order chi connectivity index (χ1) is 17.4. The van der Waals surface area contributed by atoms with Gasteiger partial charge in [0.1, 0.15) is 18.1 Å². The highest BCUT2D eigenvalue weighted by molar-refractivity contribution is 6.02. The van der Waals surface area contributed by atoms with Crippen molar-refractivity contribution in [2.75, 3.05) is 25.2 Å². The minimum atomic E-state index is -0.884. The summed E-state index contributed by atoms with van der Waals surface area (Å²) in [6.45, 7) is 6.53. The molecule has 0 bridgehead atoms. The average Bonchev–Trinajstić information content (AvgIpc) is 3.27. The standard InChI is InChI=1S/C28H31N5O3/c1-19-10-13-22(14-11-19)27(28(35)29-15-16-36-4)33(25-17-20(2)9-12-21(25)3)26(34)18-32-24-8-6-5-7-23(24)30-31-32/h5-14,17,27H,15-16,18H2,1-4H3,(H,29,35)/t27-/m0/s1. The molecule has 0 radical (unpaired) electrons. The SMILES string of the molecule is COCCNC(=O)[C@H](c1ccc(C)cc1)N(C(=O)Cn1nnc2ccccc21)c1cc(C)ccc1C. The third-order valence-corrected chi connectivity index (χ3v) is 6.10. The molecule has 1 aromatic heterocycles. The van der Waals surface area contributed by atoms with E-state index in [9.17, 15) is 9.59 Å². The van der Waals surface area contributed by atoms with Crippen LogP contribution in [0.3, 0.4) is 0 Å². The highest BCUT2D eigenvalue weighted by Gasteiger charge is 2.34. The van der Waals surface area contributed by atoms with E-state index in [-0.39, 0.29) is 18.4 Å². The van der Waals surface area contributed by atoms with E-state index in [1.165, 1.54) is 0 Å². The first-order valence-corrected chi connectivity index (χ1v) is 11.9. The van der Waals surface area contributed by atoms with E-state index < -0.39 is 6.04 Å². The van der Waals surface area contributed by atoms with Crippen molar-refractivity contribution in [1.29, 1.82) is 0 Å². The Labute approximate surface area is 210 Å². The number of anilines is 1. The average molecular weight is 486 g/mol. The molecule has 1 atom stereocenters. The van der Waals surface area contributed by atoms with E-state index in [4.69, 9.17) is 4.74 Å². The van der Waals surface area contributed by atoms with Crippen molar-refractivity contribution >= 4 is 28.5 Å². The molecule has 0 aliphatic rings. The molecule has 0 unspecified atom stereocenters. The van der Waals surface area contributed by atoms with Gasteiger partial charge in [0.05, 0.1) is 12.1 Å². The van der Waals surface area contributed by atoms with Crippen LogP contribution in [0.4, 0.5) is 5.69 Å². The summed E-state index contributed by atoms with van der Waals surface area (Å²) in [5.74, 6) is -0.555. The van der Waals surface area contributed by atoms with Crippen LogP contribution < -0.4 is 10.2 Å². The van der Waals surface area contributed by atoms with Gasteiger partial charge in [-0.25, -0.2) is 4.68 Å². The van der Waals surface area contributed by atoms with Gasteiger partial charge in [-0.05, 0) is 55.7 Å². The maximum Gasteiger partial charge on any atom is 0.249 e. The van der Waals surface area contributed by atoms with Crippen molar-refractivity contribution in [1.82, 2.24) is 20.3 Å². The Bertz CT molecular complexity index is 1360. The third kappa shape index (κ3) is 5.44. The van der Waals surface area contributed by atoms with E-state index in [2.05, 4.69) is 15.6 Å². The summed E-state index contributed by atoms with van der Waals surface area (Å²) < 4.78 is 6.69. The minimum absolute atomic E-state index is 0.0678. The van der Waals surface area contributed by atoms with Gasteiger partial charge in [0.2, 0.25) is 11.8 Å². The molecule has 186 valence electrons. The number of hydrogen-bond acceptors (Lipinski definition) is 5. The molecule has 1 N–H and O–H groups in total. The number of carbonyl (C=O) groups excluding carboxylic acids is 2. The van der Waals surface area contributed by atoms with Crippen LogP contribution in [0, 0.1) is 20.8 Å². The first kappa shape index (κ1) is 25.1. The number of fused-ring (bicyclic) bond motifs is 1. The summed E-state index contributed by atoms with van der Waals surface area (Å²) in [6, 6.07) is 20.2. The van der Waals surface area contributed by atoms with E-state index in [0.29, 0.717) is 29.9 Å². The summed E-state index contributed by atoms with van der Waals surface area (Å²) in [5, 5.41) is 11.3. The predicted molar refractivity (Wildman–Crippen MR) is 140 cm³/mol. The van der Waals surface area contributed by atoms with Crippen molar-refractivity contribution in [3.63, 3.8) is 0 Å². The Morgan fingerprint density at radius 2 is 1.72 bits per heavy atom. The number of methoxy groups -OCH3 is 1. The molecule has 8 heteroatoms. The first-order valence-electron chi connectivity index (χ1n) is 11.9. The highest BCUT2D eigenvalue weighted by atomic mass is 16.5. The van der Waals surface area contributed by atoms with Crippen molar-refractivity contribution in [2.45, 2.75) is 33.4 Å². The number of hydrogen-bond donors (Lipinski definition) is 1. The number of benzene rings is 3. The van der Waals surface area contributed by atoms with Gasteiger partial charge in [-0.2, -0.15) is 0 Å². The molecular formula is C28H31N5O3. The number of para-hydroxylation sites is 1. The summed E-state index contributed by atoms with van der Waals surface area (Å²) >= 11 is 0. The monoisotopic (exact) mass is 485 g/mol. The zero-order valence-corrected chi connectivity index (χ0v) is 21.1. The number of nitrogens with one attached hydrogen (secondary N) is 1. The molecular weight excluding hydrogens is 454 g/mol. The fraction of sp³-hybridized carbons (Fsp3) is 0.286. The van der Waals surface area contributed by atoms with Crippen molar-refractivity contribution in [3.05, 3.63) is 89.0 Å². The maximum atomic E-state index is 14.1. The van der Waals surface area contributed by atoms with E-state index >= 15 is 0 Å². The second-order valence-corrected chi connectivity index (χ2v) is 8.89. The van der Waals surface area contributed by atoms with Crippen LogP contribution in [0.2, 0.25) is 0 Å². The molecule has 8 nitrogen and oxygen atoms in total. The number of aryl methyl sites for hydroxylation is 3. The van der Waals surface area contributed by atoms with Crippen LogP contribution >= 0.6 is 0 Å². The topological polar surface area (TPSA) is 89.4 Å².